The Morgan fingerprint density at radius 3 is 1.37 bits per heavy atom. The normalized spacial score (nSPS) is 17.9. The van der Waals surface area contributed by atoms with Crippen molar-refractivity contribution in [3.05, 3.63) is 217 Å². The molecule has 3 atom stereocenters. The summed E-state index contributed by atoms with van der Waals surface area (Å²) < 4.78 is 13.9. The zero-order valence-corrected chi connectivity index (χ0v) is 38.7. The molecule has 0 radical (unpaired) electrons. The summed E-state index contributed by atoms with van der Waals surface area (Å²) in [4.78, 5) is 15.6. The fourth-order valence-corrected chi connectivity index (χ4v) is 13.3. The van der Waals surface area contributed by atoms with E-state index in [1.807, 2.05) is 25.5 Å². The molecular formula is C62H50N3OP. The summed E-state index contributed by atoms with van der Waals surface area (Å²) in [5, 5.41) is 5.43. The maximum atomic E-state index is 13.9. The molecule has 2 bridgehead atoms. The van der Waals surface area contributed by atoms with Gasteiger partial charge < -0.3 is 4.57 Å². The van der Waals surface area contributed by atoms with Crippen molar-refractivity contribution in [1.82, 2.24) is 15.0 Å². The third-order valence-electron chi connectivity index (χ3n) is 14.8. The molecule has 0 N–H and O–H groups in total. The standard InChI is InChI=1S/C62H50N3OP/c1-67(2,66)58-54-22-12-10-20-52(54)57(53-21-11-13-23-55(53)58)45-30-35-48(36-31-45)62(40-41-25-34-50(62)39-41)49-37-32-47(33-38-49)60-63-59(46-28-26-43(27-29-46)42-15-5-3-6-16-42)64-61(65-60)56-24-14-9-19-51(56)44-17-7-4-8-18-44/h3-24,26-33,35-38,41,50H,25,34,39-40H2,1-2H3. The minimum atomic E-state index is -2.59. The van der Waals surface area contributed by atoms with Crippen LogP contribution in [0.25, 0.3) is 89.1 Å². The lowest BCUT2D eigenvalue weighted by atomic mass is 9.64. The molecule has 324 valence electrons. The number of hydrogen-bond donors (Lipinski definition) is 0. The van der Waals surface area contributed by atoms with Crippen LogP contribution in [0, 0.1) is 11.8 Å². The Kier molecular flexibility index (Phi) is 10.2. The Labute approximate surface area is 392 Å². The van der Waals surface area contributed by atoms with Crippen molar-refractivity contribution in [2.24, 2.45) is 11.8 Å². The quantitative estimate of drug-likeness (QED) is 0.107. The van der Waals surface area contributed by atoms with Gasteiger partial charge in [-0.05, 0) is 110 Å². The Bertz CT molecular complexity index is 3450. The van der Waals surface area contributed by atoms with Crippen LogP contribution in [0.5, 0.6) is 0 Å². The van der Waals surface area contributed by atoms with Gasteiger partial charge in [-0.1, -0.05) is 213 Å². The third-order valence-corrected chi connectivity index (χ3v) is 16.3. The van der Waals surface area contributed by atoms with Gasteiger partial charge in [0.25, 0.3) is 0 Å². The van der Waals surface area contributed by atoms with E-state index in [2.05, 4.69) is 194 Å². The zero-order chi connectivity index (χ0) is 45.1. The summed E-state index contributed by atoms with van der Waals surface area (Å²) in [6, 6.07) is 73.6. The molecule has 1 heterocycles. The van der Waals surface area contributed by atoms with E-state index < -0.39 is 7.14 Å². The highest BCUT2D eigenvalue weighted by Crippen LogP contribution is 2.60. The maximum absolute atomic E-state index is 13.9. The molecule has 5 heteroatoms. The van der Waals surface area contributed by atoms with Crippen molar-refractivity contribution >= 4 is 34.0 Å². The van der Waals surface area contributed by atoms with Crippen LogP contribution < -0.4 is 5.30 Å². The number of rotatable bonds is 9. The van der Waals surface area contributed by atoms with E-state index in [9.17, 15) is 4.57 Å². The van der Waals surface area contributed by atoms with Crippen molar-refractivity contribution in [3.63, 3.8) is 0 Å². The predicted molar refractivity (Wildman–Crippen MR) is 279 cm³/mol. The maximum Gasteiger partial charge on any atom is 0.164 e. The highest BCUT2D eigenvalue weighted by atomic mass is 31.2. The average Bonchev–Trinajstić information content (AvgIpc) is 4.01. The van der Waals surface area contributed by atoms with Gasteiger partial charge in [-0.2, -0.15) is 0 Å². The van der Waals surface area contributed by atoms with Gasteiger partial charge >= 0.3 is 0 Å². The van der Waals surface area contributed by atoms with Gasteiger partial charge in [0.05, 0.1) is 0 Å². The fourth-order valence-electron chi connectivity index (χ4n) is 11.8. The summed E-state index contributed by atoms with van der Waals surface area (Å²) in [5.74, 6) is 3.23. The van der Waals surface area contributed by atoms with Crippen LogP contribution in [0.3, 0.4) is 0 Å². The van der Waals surface area contributed by atoms with E-state index in [0.29, 0.717) is 23.4 Å². The molecule has 0 spiro atoms. The van der Waals surface area contributed by atoms with Crippen molar-refractivity contribution in [1.29, 1.82) is 0 Å². The molecule has 10 aromatic rings. The second-order valence-corrected chi connectivity index (χ2v) is 22.2. The van der Waals surface area contributed by atoms with Gasteiger partial charge in [0.15, 0.2) is 17.5 Å². The Morgan fingerprint density at radius 1 is 0.418 bits per heavy atom. The van der Waals surface area contributed by atoms with Crippen molar-refractivity contribution in [2.75, 3.05) is 13.3 Å². The van der Waals surface area contributed by atoms with Crippen LogP contribution in [0.2, 0.25) is 0 Å². The van der Waals surface area contributed by atoms with Gasteiger partial charge in [0, 0.05) is 27.4 Å². The number of aromatic nitrogens is 3. The molecule has 4 nitrogen and oxygen atoms in total. The van der Waals surface area contributed by atoms with E-state index in [-0.39, 0.29) is 5.41 Å². The van der Waals surface area contributed by atoms with Gasteiger partial charge in [0.1, 0.15) is 7.14 Å². The molecule has 2 fully saturated rings. The molecule has 0 saturated heterocycles. The number of benzene rings is 9. The van der Waals surface area contributed by atoms with E-state index in [1.165, 1.54) is 47.1 Å². The second-order valence-electron chi connectivity index (χ2n) is 19.0. The minimum Gasteiger partial charge on any atom is -0.319 e. The van der Waals surface area contributed by atoms with Crippen LogP contribution in [-0.4, -0.2) is 28.3 Å². The summed E-state index contributed by atoms with van der Waals surface area (Å²) in [7, 11) is -2.59. The fraction of sp³-hybridized carbons (Fsp3) is 0.145. The first kappa shape index (κ1) is 41.2. The highest BCUT2D eigenvalue weighted by molar-refractivity contribution is 7.71. The molecule has 12 rings (SSSR count). The molecule has 0 aliphatic heterocycles. The molecule has 2 aliphatic rings. The van der Waals surface area contributed by atoms with Gasteiger partial charge in [0.2, 0.25) is 0 Å². The summed E-state index contributed by atoms with van der Waals surface area (Å²) in [6.45, 7) is 3.79. The van der Waals surface area contributed by atoms with Crippen LogP contribution in [-0.2, 0) is 9.98 Å². The van der Waals surface area contributed by atoms with E-state index >= 15 is 0 Å². The minimum absolute atomic E-state index is 0.0877. The van der Waals surface area contributed by atoms with Gasteiger partial charge in [-0.25, -0.2) is 15.0 Å². The van der Waals surface area contributed by atoms with E-state index in [4.69, 9.17) is 15.0 Å². The first-order valence-corrected chi connectivity index (χ1v) is 26.2. The van der Waals surface area contributed by atoms with Crippen molar-refractivity contribution in [3.8, 4) is 67.5 Å². The molecule has 2 aliphatic carbocycles. The number of hydrogen-bond acceptors (Lipinski definition) is 4. The van der Waals surface area contributed by atoms with Crippen molar-refractivity contribution in [2.45, 2.75) is 31.1 Å². The van der Waals surface area contributed by atoms with Crippen LogP contribution >= 0.6 is 7.14 Å². The Balaban J connectivity index is 0.950. The predicted octanol–water partition coefficient (Wildman–Crippen LogP) is 15.5. The van der Waals surface area contributed by atoms with Gasteiger partial charge in [-0.15, -0.1) is 0 Å². The summed E-state index contributed by atoms with van der Waals surface area (Å²) in [6.07, 6.45) is 4.95. The lowest BCUT2D eigenvalue weighted by Gasteiger charge is -2.39. The van der Waals surface area contributed by atoms with Crippen molar-refractivity contribution < 1.29 is 4.57 Å². The van der Waals surface area contributed by atoms with E-state index in [1.54, 1.807) is 0 Å². The monoisotopic (exact) mass is 883 g/mol. The zero-order valence-electron chi connectivity index (χ0n) is 37.8. The topological polar surface area (TPSA) is 55.7 Å². The third kappa shape index (κ3) is 7.23. The molecule has 9 aromatic carbocycles. The second kappa shape index (κ2) is 16.6. The van der Waals surface area contributed by atoms with Crippen LogP contribution in [0.1, 0.15) is 36.8 Å². The SMILES string of the molecule is CP(C)(=O)c1c2ccccc2c(-c2ccc(C3(c4ccc(-c5nc(-c6ccc(-c7ccccc7)cc6)nc(-c6ccccc6-c6ccccc6)n5)cc4)CC4CCC3C4)cc2)c2ccccc12. The lowest BCUT2D eigenvalue weighted by Crippen LogP contribution is -2.34. The number of nitrogens with zero attached hydrogens (tertiary/aromatic N) is 3. The van der Waals surface area contributed by atoms with E-state index in [0.717, 1.165) is 72.6 Å². The number of fused-ring (bicyclic) bond motifs is 4. The smallest absolute Gasteiger partial charge is 0.164 e. The Morgan fingerprint density at radius 2 is 0.851 bits per heavy atom. The highest BCUT2D eigenvalue weighted by Gasteiger charge is 2.52. The summed E-state index contributed by atoms with van der Waals surface area (Å²) in [5.41, 5.74) is 12.4. The molecular weight excluding hydrogens is 834 g/mol. The molecule has 0 amide bonds. The van der Waals surface area contributed by atoms with Gasteiger partial charge in [-0.3, -0.25) is 0 Å². The Hall–Kier alpha value is -7.26. The molecule has 1 aromatic heterocycles. The largest absolute Gasteiger partial charge is 0.319 e. The van der Waals surface area contributed by atoms with Crippen LogP contribution in [0.4, 0.5) is 0 Å². The lowest BCUT2D eigenvalue weighted by molar-refractivity contribution is 0.320. The molecule has 2 saturated carbocycles. The molecule has 3 unspecified atom stereocenters. The first-order valence-electron chi connectivity index (χ1n) is 23.6. The average molecular weight is 884 g/mol. The summed E-state index contributed by atoms with van der Waals surface area (Å²) >= 11 is 0. The first-order chi connectivity index (χ1) is 32.8. The molecule has 67 heavy (non-hydrogen) atoms. The van der Waals surface area contributed by atoms with Crippen LogP contribution in [0.15, 0.2) is 206 Å².